The van der Waals surface area contributed by atoms with Gasteiger partial charge in [0.25, 0.3) is 0 Å². The molecule has 0 aromatic heterocycles. The van der Waals surface area contributed by atoms with Gasteiger partial charge < -0.3 is 15.2 Å². The van der Waals surface area contributed by atoms with Crippen molar-refractivity contribution >= 4 is 5.97 Å². The van der Waals surface area contributed by atoms with Gasteiger partial charge >= 0.3 is 5.97 Å². The Balaban J connectivity index is 2.13. The molecule has 2 N–H and O–H groups in total. The maximum Gasteiger partial charge on any atom is 0.323 e. The van der Waals surface area contributed by atoms with Crippen molar-refractivity contribution in [2.75, 3.05) is 7.11 Å². The van der Waals surface area contributed by atoms with E-state index < -0.39 is 6.04 Å². The molecule has 80 valence electrons. The SMILES string of the molecule is COc1ccc(C2CC(N)C(=O)O2)cc1. The highest BCUT2D eigenvalue weighted by Gasteiger charge is 2.32. The van der Waals surface area contributed by atoms with Gasteiger partial charge in [0.05, 0.1) is 7.11 Å². The summed E-state index contributed by atoms with van der Waals surface area (Å²) in [7, 11) is 1.61. The Morgan fingerprint density at radius 1 is 1.40 bits per heavy atom. The van der Waals surface area contributed by atoms with E-state index >= 15 is 0 Å². The minimum atomic E-state index is -0.489. The minimum absolute atomic E-state index is 0.210. The molecule has 1 aliphatic rings. The van der Waals surface area contributed by atoms with Crippen LogP contribution in [-0.2, 0) is 9.53 Å². The van der Waals surface area contributed by atoms with Crippen molar-refractivity contribution in [2.45, 2.75) is 18.6 Å². The molecule has 1 fully saturated rings. The van der Waals surface area contributed by atoms with Crippen LogP contribution in [0.2, 0.25) is 0 Å². The fourth-order valence-electron chi connectivity index (χ4n) is 1.63. The average Bonchev–Trinajstić information content (AvgIpc) is 2.59. The van der Waals surface area contributed by atoms with Gasteiger partial charge in [0.1, 0.15) is 17.9 Å². The molecule has 2 rings (SSSR count). The number of ether oxygens (including phenoxy) is 2. The molecule has 1 aromatic carbocycles. The van der Waals surface area contributed by atoms with Gasteiger partial charge in [-0.3, -0.25) is 4.79 Å². The van der Waals surface area contributed by atoms with Gasteiger partial charge in [0, 0.05) is 6.42 Å². The van der Waals surface area contributed by atoms with Crippen molar-refractivity contribution in [3.63, 3.8) is 0 Å². The van der Waals surface area contributed by atoms with Crippen molar-refractivity contribution in [3.05, 3.63) is 29.8 Å². The first-order chi connectivity index (χ1) is 7.20. The summed E-state index contributed by atoms with van der Waals surface area (Å²) >= 11 is 0. The summed E-state index contributed by atoms with van der Waals surface area (Å²) in [5.41, 5.74) is 6.52. The lowest BCUT2D eigenvalue weighted by atomic mass is 10.1. The third kappa shape index (κ3) is 1.94. The van der Waals surface area contributed by atoms with Crippen LogP contribution >= 0.6 is 0 Å². The zero-order chi connectivity index (χ0) is 10.8. The first-order valence-corrected chi connectivity index (χ1v) is 4.80. The van der Waals surface area contributed by atoms with E-state index in [9.17, 15) is 4.79 Å². The second-order valence-corrected chi connectivity index (χ2v) is 3.54. The largest absolute Gasteiger partial charge is 0.497 e. The van der Waals surface area contributed by atoms with Crippen LogP contribution in [0, 0.1) is 0 Å². The number of nitrogens with two attached hydrogens (primary N) is 1. The summed E-state index contributed by atoms with van der Waals surface area (Å²) in [6.45, 7) is 0. The Morgan fingerprint density at radius 2 is 2.07 bits per heavy atom. The fourth-order valence-corrected chi connectivity index (χ4v) is 1.63. The standard InChI is InChI=1S/C11H13NO3/c1-14-8-4-2-7(3-5-8)10-6-9(12)11(13)15-10/h2-5,9-10H,6,12H2,1H3. The normalized spacial score (nSPS) is 25.1. The molecule has 15 heavy (non-hydrogen) atoms. The van der Waals surface area contributed by atoms with Crippen molar-refractivity contribution in [1.29, 1.82) is 0 Å². The van der Waals surface area contributed by atoms with Crippen LogP contribution in [-0.4, -0.2) is 19.1 Å². The van der Waals surface area contributed by atoms with E-state index in [1.165, 1.54) is 0 Å². The zero-order valence-corrected chi connectivity index (χ0v) is 8.47. The molecule has 0 amide bonds. The maximum atomic E-state index is 11.1. The van der Waals surface area contributed by atoms with Crippen LogP contribution < -0.4 is 10.5 Å². The lowest BCUT2D eigenvalue weighted by Crippen LogP contribution is -2.24. The molecule has 1 aliphatic heterocycles. The van der Waals surface area contributed by atoms with Crippen LogP contribution in [0.4, 0.5) is 0 Å². The average molecular weight is 207 g/mol. The molecule has 2 atom stereocenters. The Hall–Kier alpha value is -1.55. The Morgan fingerprint density at radius 3 is 2.53 bits per heavy atom. The van der Waals surface area contributed by atoms with Crippen molar-refractivity contribution in [1.82, 2.24) is 0 Å². The van der Waals surface area contributed by atoms with Gasteiger partial charge in [0.15, 0.2) is 0 Å². The molecule has 1 heterocycles. The molecule has 0 bridgehead atoms. The van der Waals surface area contributed by atoms with Crippen LogP contribution in [0.15, 0.2) is 24.3 Å². The van der Waals surface area contributed by atoms with Crippen molar-refractivity contribution < 1.29 is 14.3 Å². The van der Waals surface area contributed by atoms with Crippen molar-refractivity contribution in [3.8, 4) is 5.75 Å². The van der Waals surface area contributed by atoms with Crippen LogP contribution in [0.25, 0.3) is 0 Å². The van der Waals surface area contributed by atoms with Crippen LogP contribution in [0.1, 0.15) is 18.1 Å². The number of hydrogen-bond acceptors (Lipinski definition) is 4. The van der Waals surface area contributed by atoms with Gasteiger partial charge in [-0.1, -0.05) is 12.1 Å². The molecule has 0 aliphatic carbocycles. The molecular weight excluding hydrogens is 194 g/mol. The second-order valence-electron chi connectivity index (χ2n) is 3.54. The van der Waals surface area contributed by atoms with Crippen molar-refractivity contribution in [2.24, 2.45) is 5.73 Å². The van der Waals surface area contributed by atoms with Gasteiger partial charge in [0.2, 0.25) is 0 Å². The second kappa shape index (κ2) is 3.90. The summed E-state index contributed by atoms with van der Waals surface area (Å²) in [5.74, 6) is 0.461. The Labute approximate surface area is 88.0 Å². The summed E-state index contributed by atoms with van der Waals surface area (Å²) in [6, 6.07) is 6.96. The number of carbonyl (C=O) groups is 1. The van der Waals surface area contributed by atoms with Crippen LogP contribution in [0.5, 0.6) is 5.75 Å². The topological polar surface area (TPSA) is 61.5 Å². The number of esters is 1. The van der Waals surface area contributed by atoms with Gasteiger partial charge in [-0.25, -0.2) is 0 Å². The van der Waals surface area contributed by atoms with Gasteiger partial charge in [-0.05, 0) is 17.7 Å². The predicted octanol–water partition coefficient (Wildman–Crippen LogP) is 1.01. The highest BCUT2D eigenvalue weighted by atomic mass is 16.6. The number of methoxy groups -OCH3 is 1. The Kier molecular flexibility index (Phi) is 2.60. The smallest absolute Gasteiger partial charge is 0.323 e. The lowest BCUT2D eigenvalue weighted by molar-refractivity contribution is -0.142. The zero-order valence-electron chi connectivity index (χ0n) is 8.47. The number of benzene rings is 1. The van der Waals surface area contributed by atoms with E-state index in [0.717, 1.165) is 11.3 Å². The molecule has 1 aromatic rings. The highest BCUT2D eigenvalue weighted by Crippen LogP contribution is 2.29. The van der Waals surface area contributed by atoms with E-state index in [1.54, 1.807) is 7.11 Å². The van der Waals surface area contributed by atoms with E-state index in [-0.39, 0.29) is 12.1 Å². The van der Waals surface area contributed by atoms with Crippen LogP contribution in [0.3, 0.4) is 0 Å². The number of rotatable bonds is 2. The maximum absolute atomic E-state index is 11.1. The molecule has 1 saturated heterocycles. The molecule has 0 saturated carbocycles. The minimum Gasteiger partial charge on any atom is -0.497 e. The first-order valence-electron chi connectivity index (χ1n) is 4.80. The monoisotopic (exact) mass is 207 g/mol. The Bertz CT molecular complexity index is 361. The third-order valence-electron chi connectivity index (χ3n) is 2.52. The molecule has 0 radical (unpaired) electrons. The lowest BCUT2D eigenvalue weighted by Gasteiger charge is -2.09. The quantitative estimate of drug-likeness (QED) is 0.735. The highest BCUT2D eigenvalue weighted by molar-refractivity contribution is 5.77. The number of carbonyl (C=O) groups excluding carboxylic acids is 1. The first kappa shape index (κ1) is 9.98. The van der Waals surface area contributed by atoms with E-state index in [2.05, 4.69) is 0 Å². The van der Waals surface area contributed by atoms with E-state index in [1.807, 2.05) is 24.3 Å². The summed E-state index contributed by atoms with van der Waals surface area (Å²) < 4.78 is 10.2. The summed E-state index contributed by atoms with van der Waals surface area (Å²) in [4.78, 5) is 11.1. The van der Waals surface area contributed by atoms with Gasteiger partial charge in [-0.2, -0.15) is 0 Å². The molecule has 0 spiro atoms. The predicted molar refractivity (Wildman–Crippen MR) is 54.4 cm³/mol. The molecule has 2 unspecified atom stereocenters. The van der Waals surface area contributed by atoms with E-state index in [4.69, 9.17) is 15.2 Å². The number of cyclic esters (lactones) is 1. The molecular formula is C11H13NO3. The number of hydrogen-bond donors (Lipinski definition) is 1. The third-order valence-corrected chi connectivity index (χ3v) is 2.52. The fraction of sp³-hybridized carbons (Fsp3) is 0.364. The molecule has 4 nitrogen and oxygen atoms in total. The summed E-state index contributed by atoms with van der Waals surface area (Å²) in [5, 5.41) is 0. The molecule has 4 heteroatoms. The summed E-state index contributed by atoms with van der Waals surface area (Å²) in [6.07, 6.45) is 0.337. The van der Waals surface area contributed by atoms with Gasteiger partial charge in [-0.15, -0.1) is 0 Å². The van der Waals surface area contributed by atoms with E-state index in [0.29, 0.717) is 6.42 Å².